The molecule has 0 saturated heterocycles. The maximum absolute atomic E-state index is 12.7. The van der Waals surface area contributed by atoms with Crippen LogP contribution in [0.5, 0.6) is 0 Å². The Hall–Kier alpha value is -2.30. The number of carbonyl (C=O) groups is 1. The monoisotopic (exact) mass is 354 g/mol. The molecule has 0 unspecified atom stereocenters. The van der Waals surface area contributed by atoms with Gasteiger partial charge in [-0.1, -0.05) is 41.9 Å². The summed E-state index contributed by atoms with van der Waals surface area (Å²) in [6.45, 7) is 1.92. The van der Waals surface area contributed by atoms with Crippen molar-refractivity contribution in [1.82, 2.24) is 4.98 Å². The molecule has 0 aliphatic rings. The topological polar surface area (TPSA) is 42.0 Å². The Morgan fingerprint density at radius 2 is 1.83 bits per heavy atom. The van der Waals surface area contributed by atoms with Crippen LogP contribution < -0.4 is 4.72 Å². The van der Waals surface area contributed by atoms with Gasteiger partial charge in [0.1, 0.15) is 5.82 Å². The molecule has 3 nitrogen and oxygen atoms in total. The van der Waals surface area contributed by atoms with Crippen LogP contribution in [0.2, 0.25) is 5.02 Å². The summed E-state index contributed by atoms with van der Waals surface area (Å²) in [7, 11) is 0. The van der Waals surface area contributed by atoms with Crippen LogP contribution in [0.25, 0.3) is 0 Å². The van der Waals surface area contributed by atoms with E-state index >= 15 is 0 Å². The summed E-state index contributed by atoms with van der Waals surface area (Å²) in [5, 5.41) is 0.441. The molecule has 0 spiro atoms. The van der Waals surface area contributed by atoms with Crippen LogP contribution in [-0.4, -0.2) is 10.8 Å². The minimum atomic E-state index is -0.0627. The summed E-state index contributed by atoms with van der Waals surface area (Å²) in [5.41, 5.74) is 2.12. The summed E-state index contributed by atoms with van der Waals surface area (Å²) in [4.78, 5) is 17.8. The summed E-state index contributed by atoms with van der Waals surface area (Å²) in [6, 6.07) is 18.6. The number of ketones is 1. The first-order valence-corrected chi connectivity index (χ1v) is 8.58. The van der Waals surface area contributed by atoms with Crippen LogP contribution in [0.4, 0.5) is 5.82 Å². The molecule has 0 radical (unpaired) electrons. The Morgan fingerprint density at radius 3 is 2.54 bits per heavy atom. The lowest BCUT2D eigenvalue weighted by molar-refractivity contribution is 0.103. The summed E-state index contributed by atoms with van der Waals surface area (Å²) in [5.74, 6) is 0.700. The number of aromatic nitrogens is 1. The van der Waals surface area contributed by atoms with E-state index in [1.54, 1.807) is 18.3 Å². The average Bonchev–Trinajstić information content (AvgIpc) is 2.61. The van der Waals surface area contributed by atoms with Crippen molar-refractivity contribution in [3.63, 3.8) is 0 Å². The fourth-order valence-corrected chi connectivity index (χ4v) is 3.24. The molecule has 0 aliphatic carbocycles. The van der Waals surface area contributed by atoms with Gasteiger partial charge in [0.2, 0.25) is 0 Å². The Morgan fingerprint density at radius 1 is 1.04 bits per heavy atom. The standard InChI is InChI=1S/C19H15ClN2OS/c1-13-6-2-3-7-15(13)19(23)16-10-9-14(12-17(16)20)24-22-18-8-4-5-11-21-18/h2-12H,1H3,(H,21,22). The zero-order valence-electron chi connectivity index (χ0n) is 13.0. The Kier molecular flexibility index (Phi) is 5.18. The number of halogens is 1. The second-order valence-corrected chi connectivity index (χ2v) is 6.49. The molecule has 5 heteroatoms. The maximum atomic E-state index is 12.7. The van der Waals surface area contributed by atoms with Gasteiger partial charge in [0.15, 0.2) is 5.78 Å². The van der Waals surface area contributed by atoms with E-state index in [1.165, 1.54) is 11.9 Å². The highest BCUT2D eigenvalue weighted by molar-refractivity contribution is 8.00. The molecule has 24 heavy (non-hydrogen) atoms. The number of aryl methyl sites for hydroxylation is 1. The summed E-state index contributed by atoms with van der Waals surface area (Å²) < 4.78 is 3.14. The predicted octanol–water partition coefficient (Wildman–Crippen LogP) is 5.39. The van der Waals surface area contributed by atoms with E-state index in [-0.39, 0.29) is 5.78 Å². The lowest BCUT2D eigenvalue weighted by Gasteiger charge is -2.09. The molecule has 1 N–H and O–H groups in total. The lowest BCUT2D eigenvalue weighted by atomic mass is 9.99. The molecule has 120 valence electrons. The largest absolute Gasteiger partial charge is 0.310 e. The van der Waals surface area contributed by atoms with Crippen LogP contribution in [0, 0.1) is 6.92 Å². The zero-order chi connectivity index (χ0) is 16.9. The van der Waals surface area contributed by atoms with Crippen molar-refractivity contribution in [1.29, 1.82) is 0 Å². The molecule has 0 bridgehead atoms. The van der Waals surface area contributed by atoms with Crippen LogP contribution in [0.3, 0.4) is 0 Å². The van der Waals surface area contributed by atoms with Crippen molar-refractivity contribution in [2.75, 3.05) is 4.72 Å². The van der Waals surface area contributed by atoms with E-state index in [0.29, 0.717) is 16.1 Å². The third kappa shape index (κ3) is 3.78. The van der Waals surface area contributed by atoms with Gasteiger partial charge in [0, 0.05) is 22.2 Å². The van der Waals surface area contributed by atoms with Crippen LogP contribution in [0.15, 0.2) is 71.8 Å². The van der Waals surface area contributed by atoms with Gasteiger partial charge < -0.3 is 4.72 Å². The van der Waals surface area contributed by atoms with Crippen LogP contribution in [-0.2, 0) is 0 Å². The number of hydrogen-bond donors (Lipinski definition) is 1. The van der Waals surface area contributed by atoms with Crippen LogP contribution in [0.1, 0.15) is 21.5 Å². The third-order valence-electron chi connectivity index (χ3n) is 3.51. The minimum absolute atomic E-state index is 0.0627. The predicted molar refractivity (Wildman–Crippen MR) is 99.8 cm³/mol. The normalized spacial score (nSPS) is 10.4. The van der Waals surface area contributed by atoms with Gasteiger partial charge in [0.05, 0.1) is 5.02 Å². The van der Waals surface area contributed by atoms with Gasteiger partial charge in [-0.25, -0.2) is 4.98 Å². The number of rotatable bonds is 5. The molecule has 0 amide bonds. The second-order valence-electron chi connectivity index (χ2n) is 5.20. The highest BCUT2D eigenvalue weighted by Crippen LogP contribution is 2.27. The van der Waals surface area contributed by atoms with Crippen molar-refractivity contribution < 1.29 is 4.79 Å². The molecule has 1 aromatic heterocycles. The van der Waals surface area contributed by atoms with Crippen molar-refractivity contribution in [2.24, 2.45) is 0 Å². The Labute approximate surface area is 150 Å². The fourth-order valence-electron chi connectivity index (χ4n) is 2.25. The van der Waals surface area contributed by atoms with Gasteiger partial charge in [-0.3, -0.25) is 4.79 Å². The minimum Gasteiger partial charge on any atom is -0.310 e. The van der Waals surface area contributed by atoms with E-state index in [0.717, 1.165) is 16.3 Å². The van der Waals surface area contributed by atoms with E-state index in [4.69, 9.17) is 11.6 Å². The molecule has 1 heterocycles. The first kappa shape index (κ1) is 16.6. The van der Waals surface area contributed by atoms with Crippen LogP contribution >= 0.6 is 23.5 Å². The molecule has 0 saturated carbocycles. The molecule has 0 fully saturated rings. The van der Waals surface area contributed by atoms with Crippen molar-refractivity contribution in [2.45, 2.75) is 11.8 Å². The molecular weight excluding hydrogens is 340 g/mol. The van der Waals surface area contributed by atoms with Gasteiger partial charge in [-0.15, -0.1) is 0 Å². The number of nitrogens with one attached hydrogen (secondary N) is 1. The Balaban J connectivity index is 1.77. The highest BCUT2D eigenvalue weighted by atomic mass is 35.5. The molecular formula is C19H15ClN2OS. The van der Waals surface area contributed by atoms with Gasteiger partial charge >= 0.3 is 0 Å². The van der Waals surface area contributed by atoms with Gasteiger partial charge in [-0.2, -0.15) is 0 Å². The second kappa shape index (κ2) is 7.51. The number of benzene rings is 2. The summed E-state index contributed by atoms with van der Waals surface area (Å²) >= 11 is 7.73. The smallest absolute Gasteiger partial charge is 0.194 e. The van der Waals surface area contributed by atoms with E-state index in [1.807, 2.05) is 55.5 Å². The summed E-state index contributed by atoms with van der Waals surface area (Å²) in [6.07, 6.45) is 1.72. The zero-order valence-corrected chi connectivity index (χ0v) is 14.6. The van der Waals surface area contributed by atoms with E-state index < -0.39 is 0 Å². The van der Waals surface area contributed by atoms with Crippen molar-refractivity contribution in [3.05, 3.63) is 88.6 Å². The molecule has 3 aromatic rings. The lowest BCUT2D eigenvalue weighted by Crippen LogP contribution is -2.04. The SMILES string of the molecule is Cc1ccccc1C(=O)c1ccc(SNc2ccccn2)cc1Cl. The number of carbonyl (C=O) groups excluding carboxylic acids is 1. The molecule has 0 atom stereocenters. The average molecular weight is 355 g/mol. The molecule has 0 aliphatic heterocycles. The highest BCUT2D eigenvalue weighted by Gasteiger charge is 2.15. The molecule has 3 rings (SSSR count). The Bertz CT molecular complexity index is 868. The number of anilines is 1. The number of nitrogens with zero attached hydrogens (tertiary/aromatic N) is 1. The van der Waals surface area contributed by atoms with Crippen molar-refractivity contribution in [3.8, 4) is 0 Å². The quantitative estimate of drug-likeness (QED) is 0.492. The maximum Gasteiger partial charge on any atom is 0.194 e. The van der Waals surface area contributed by atoms with Gasteiger partial charge in [0.25, 0.3) is 0 Å². The third-order valence-corrected chi connectivity index (χ3v) is 4.63. The van der Waals surface area contributed by atoms with E-state index in [9.17, 15) is 4.79 Å². The van der Waals surface area contributed by atoms with Crippen molar-refractivity contribution >= 4 is 35.1 Å². The first-order chi connectivity index (χ1) is 11.6. The number of pyridine rings is 1. The van der Waals surface area contributed by atoms with E-state index in [2.05, 4.69) is 9.71 Å². The number of hydrogen-bond acceptors (Lipinski definition) is 4. The first-order valence-electron chi connectivity index (χ1n) is 7.39. The van der Waals surface area contributed by atoms with Gasteiger partial charge in [-0.05, 0) is 54.8 Å². The fraction of sp³-hybridized carbons (Fsp3) is 0.0526. The molecule has 2 aromatic carbocycles.